The van der Waals surface area contributed by atoms with Crippen molar-refractivity contribution < 1.29 is 9.53 Å². The zero-order chi connectivity index (χ0) is 9.68. The van der Waals surface area contributed by atoms with Crippen molar-refractivity contribution in [1.82, 2.24) is 0 Å². The van der Waals surface area contributed by atoms with Gasteiger partial charge in [-0.1, -0.05) is 23.7 Å². The number of carbonyl (C=O) groups is 1. The normalized spacial score (nSPS) is 10.0. The molecule has 1 aromatic carbocycles. The molecule has 0 aromatic heterocycles. The van der Waals surface area contributed by atoms with Crippen molar-refractivity contribution in [2.45, 2.75) is 6.61 Å². The summed E-state index contributed by atoms with van der Waals surface area (Å²) in [5, 5.41) is -0.454. The van der Waals surface area contributed by atoms with E-state index < -0.39 is 5.24 Å². The summed E-state index contributed by atoms with van der Waals surface area (Å²) in [6, 6.07) is 7.03. The van der Waals surface area contributed by atoms with Crippen LogP contribution < -0.4 is 0 Å². The number of hydrogen-bond donors (Lipinski definition) is 0. The summed E-state index contributed by atoms with van der Waals surface area (Å²) < 4.78 is 4.97. The predicted octanol–water partition coefficient (Wildman–Crippen LogP) is 2.78. The van der Waals surface area contributed by atoms with Crippen LogP contribution in [0, 0.1) is 0 Å². The molecule has 0 radical (unpaired) electrons. The molecule has 0 saturated carbocycles. The Bertz CT molecular complexity index is 282. The van der Waals surface area contributed by atoms with Crippen molar-refractivity contribution in [1.29, 1.82) is 0 Å². The first-order chi connectivity index (χ1) is 6.24. The quantitative estimate of drug-likeness (QED) is 0.574. The summed E-state index contributed by atoms with van der Waals surface area (Å²) in [5.41, 5.74) is 1.44. The SMILES string of the molecule is O=C(Cl)c1ccc(COCCl)cc1. The minimum absolute atomic E-state index is 0.163. The molecule has 0 N–H and O–H groups in total. The Labute approximate surface area is 86.4 Å². The molecule has 4 heteroatoms. The van der Waals surface area contributed by atoms with Crippen LogP contribution in [0.3, 0.4) is 0 Å². The van der Waals surface area contributed by atoms with E-state index in [0.29, 0.717) is 12.2 Å². The maximum atomic E-state index is 10.7. The number of ether oxygens (including phenoxy) is 1. The van der Waals surface area contributed by atoms with Gasteiger partial charge in [0.25, 0.3) is 5.24 Å². The van der Waals surface area contributed by atoms with Crippen molar-refractivity contribution >= 4 is 28.4 Å². The molecule has 0 spiro atoms. The number of rotatable bonds is 4. The van der Waals surface area contributed by atoms with E-state index in [2.05, 4.69) is 0 Å². The maximum Gasteiger partial charge on any atom is 0.252 e. The minimum Gasteiger partial charge on any atom is -0.361 e. The summed E-state index contributed by atoms with van der Waals surface area (Å²) in [4.78, 5) is 10.7. The van der Waals surface area contributed by atoms with E-state index in [-0.39, 0.29) is 6.07 Å². The van der Waals surface area contributed by atoms with Gasteiger partial charge in [0.15, 0.2) is 0 Å². The number of benzene rings is 1. The van der Waals surface area contributed by atoms with Crippen LogP contribution in [-0.4, -0.2) is 11.3 Å². The third kappa shape index (κ3) is 3.35. The van der Waals surface area contributed by atoms with Crippen molar-refractivity contribution in [3.63, 3.8) is 0 Å². The molecule has 0 atom stereocenters. The van der Waals surface area contributed by atoms with Crippen molar-refractivity contribution in [2.75, 3.05) is 6.07 Å². The minimum atomic E-state index is -0.454. The van der Waals surface area contributed by atoms with Crippen molar-refractivity contribution in [2.24, 2.45) is 0 Å². The van der Waals surface area contributed by atoms with Gasteiger partial charge in [-0.15, -0.1) is 0 Å². The smallest absolute Gasteiger partial charge is 0.252 e. The zero-order valence-electron chi connectivity index (χ0n) is 6.80. The van der Waals surface area contributed by atoms with Crippen LogP contribution in [0.15, 0.2) is 24.3 Å². The number of hydrogen-bond acceptors (Lipinski definition) is 2. The van der Waals surface area contributed by atoms with Gasteiger partial charge in [-0.2, -0.15) is 0 Å². The van der Waals surface area contributed by atoms with Crippen LogP contribution in [0.1, 0.15) is 15.9 Å². The molecule has 0 heterocycles. The molecular formula is C9H8Cl2O2. The highest BCUT2D eigenvalue weighted by atomic mass is 35.5. The summed E-state index contributed by atoms with van der Waals surface area (Å²) >= 11 is 10.6. The molecule has 0 saturated heterocycles. The number of halogens is 2. The van der Waals surface area contributed by atoms with E-state index in [1.165, 1.54) is 0 Å². The van der Waals surface area contributed by atoms with E-state index in [1.807, 2.05) is 0 Å². The highest BCUT2D eigenvalue weighted by Gasteiger charge is 2.00. The molecule has 1 rings (SSSR count). The average Bonchev–Trinajstić information content (AvgIpc) is 2.15. The van der Waals surface area contributed by atoms with Crippen LogP contribution in [0.25, 0.3) is 0 Å². The van der Waals surface area contributed by atoms with Crippen LogP contribution in [0.4, 0.5) is 0 Å². The predicted molar refractivity (Wildman–Crippen MR) is 52.1 cm³/mol. The van der Waals surface area contributed by atoms with E-state index in [1.54, 1.807) is 24.3 Å². The first-order valence-electron chi connectivity index (χ1n) is 3.66. The summed E-state index contributed by atoms with van der Waals surface area (Å²) in [7, 11) is 0. The van der Waals surface area contributed by atoms with Gasteiger partial charge in [0.1, 0.15) is 6.07 Å². The van der Waals surface area contributed by atoms with Crippen molar-refractivity contribution in [3.05, 3.63) is 35.4 Å². The van der Waals surface area contributed by atoms with Crippen LogP contribution in [0.2, 0.25) is 0 Å². The molecule has 2 nitrogen and oxygen atoms in total. The lowest BCUT2D eigenvalue weighted by molar-refractivity contribution is 0.108. The van der Waals surface area contributed by atoms with Gasteiger partial charge in [0.05, 0.1) is 6.61 Å². The molecule has 0 bridgehead atoms. The van der Waals surface area contributed by atoms with Gasteiger partial charge < -0.3 is 4.74 Å². The van der Waals surface area contributed by atoms with Gasteiger partial charge in [-0.25, -0.2) is 0 Å². The Kier molecular flexibility index (Phi) is 4.22. The highest BCUT2D eigenvalue weighted by molar-refractivity contribution is 6.67. The lowest BCUT2D eigenvalue weighted by atomic mass is 10.2. The first-order valence-corrected chi connectivity index (χ1v) is 4.58. The molecule has 0 aliphatic carbocycles. The molecular weight excluding hydrogens is 211 g/mol. The maximum absolute atomic E-state index is 10.7. The van der Waals surface area contributed by atoms with Gasteiger partial charge in [-0.05, 0) is 29.3 Å². The second-order valence-corrected chi connectivity index (χ2v) is 2.99. The third-order valence-electron chi connectivity index (χ3n) is 1.53. The summed E-state index contributed by atoms with van der Waals surface area (Å²) in [6.07, 6.45) is 0. The fraction of sp³-hybridized carbons (Fsp3) is 0.222. The van der Waals surface area contributed by atoms with E-state index >= 15 is 0 Å². The molecule has 0 unspecified atom stereocenters. The standard InChI is InChI=1S/C9H8Cl2O2/c10-6-13-5-7-1-3-8(4-2-7)9(11)12/h1-4H,5-6H2. The Morgan fingerprint density at radius 1 is 1.31 bits per heavy atom. The van der Waals surface area contributed by atoms with Crippen LogP contribution in [-0.2, 0) is 11.3 Å². The third-order valence-corrected chi connectivity index (χ3v) is 1.90. The Morgan fingerprint density at radius 2 is 1.92 bits per heavy atom. The average molecular weight is 219 g/mol. The Morgan fingerprint density at radius 3 is 2.38 bits per heavy atom. The molecule has 0 aliphatic rings. The fourth-order valence-corrected chi connectivity index (χ4v) is 1.09. The topological polar surface area (TPSA) is 26.3 Å². The van der Waals surface area contributed by atoms with Gasteiger partial charge in [-0.3, -0.25) is 4.79 Å². The lowest BCUT2D eigenvalue weighted by Gasteiger charge is -2.00. The summed E-state index contributed by atoms with van der Waals surface area (Å²) in [6.45, 7) is 0.445. The fourth-order valence-electron chi connectivity index (χ4n) is 0.888. The monoisotopic (exact) mass is 218 g/mol. The Hall–Kier alpha value is -0.570. The molecule has 0 amide bonds. The second kappa shape index (κ2) is 5.22. The molecule has 0 aliphatic heterocycles. The lowest BCUT2D eigenvalue weighted by Crippen LogP contribution is -1.92. The summed E-state index contributed by atoms with van der Waals surface area (Å²) in [5.74, 6) is 0. The largest absolute Gasteiger partial charge is 0.361 e. The van der Waals surface area contributed by atoms with E-state index in [0.717, 1.165) is 5.56 Å². The number of carbonyl (C=O) groups excluding carboxylic acids is 1. The zero-order valence-corrected chi connectivity index (χ0v) is 8.31. The van der Waals surface area contributed by atoms with Crippen molar-refractivity contribution in [3.8, 4) is 0 Å². The van der Waals surface area contributed by atoms with Gasteiger partial charge >= 0.3 is 0 Å². The second-order valence-electron chi connectivity index (χ2n) is 2.43. The molecule has 0 fully saturated rings. The van der Waals surface area contributed by atoms with Gasteiger partial charge in [0, 0.05) is 5.56 Å². The van der Waals surface area contributed by atoms with Crippen LogP contribution >= 0.6 is 23.2 Å². The van der Waals surface area contributed by atoms with E-state index in [9.17, 15) is 4.79 Å². The molecule has 13 heavy (non-hydrogen) atoms. The number of alkyl halides is 1. The van der Waals surface area contributed by atoms with Gasteiger partial charge in [0.2, 0.25) is 0 Å². The van der Waals surface area contributed by atoms with E-state index in [4.69, 9.17) is 27.9 Å². The van der Waals surface area contributed by atoms with Crippen LogP contribution in [0.5, 0.6) is 0 Å². The molecule has 1 aromatic rings. The first kappa shape index (κ1) is 10.5. The Balaban J connectivity index is 2.64. The highest BCUT2D eigenvalue weighted by Crippen LogP contribution is 2.08. The molecule has 70 valence electrons.